The van der Waals surface area contributed by atoms with Gasteiger partial charge in [-0.3, -0.25) is 19.8 Å². The van der Waals surface area contributed by atoms with E-state index in [0.29, 0.717) is 30.2 Å². The van der Waals surface area contributed by atoms with Gasteiger partial charge in [-0.1, -0.05) is 19.3 Å². The Morgan fingerprint density at radius 2 is 1.79 bits per heavy atom. The topological polar surface area (TPSA) is 97.2 Å². The Morgan fingerprint density at radius 1 is 1.14 bits per heavy atom. The SMILES string of the molecule is CN1CCN([C@@H](C(=O)NC2CCCCC2)c2cc3c(cc2[N+](=O)[O-])OCO3)CC1. The Kier molecular flexibility index (Phi) is 5.86. The summed E-state index contributed by atoms with van der Waals surface area (Å²) in [7, 11) is 2.04. The summed E-state index contributed by atoms with van der Waals surface area (Å²) in [6, 6.07) is 2.42. The van der Waals surface area contributed by atoms with Gasteiger partial charge < -0.3 is 19.7 Å². The van der Waals surface area contributed by atoms with Crippen LogP contribution in [0.3, 0.4) is 0 Å². The van der Waals surface area contributed by atoms with Crippen molar-refractivity contribution in [3.05, 3.63) is 27.8 Å². The third kappa shape index (κ3) is 4.30. The number of nitro benzene ring substituents is 1. The molecule has 1 aliphatic carbocycles. The Balaban J connectivity index is 1.68. The summed E-state index contributed by atoms with van der Waals surface area (Å²) < 4.78 is 10.8. The van der Waals surface area contributed by atoms with Gasteiger partial charge in [0.1, 0.15) is 6.04 Å². The number of nitrogens with zero attached hydrogens (tertiary/aromatic N) is 3. The van der Waals surface area contributed by atoms with E-state index in [1.54, 1.807) is 6.07 Å². The zero-order valence-electron chi connectivity index (χ0n) is 16.8. The highest BCUT2D eigenvalue weighted by molar-refractivity contribution is 5.85. The Morgan fingerprint density at radius 3 is 2.45 bits per heavy atom. The zero-order valence-corrected chi connectivity index (χ0v) is 16.8. The van der Waals surface area contributed by atoms with E-state index in [9.17, 15) is 14.9 Å². The van der Waals surface area contributed by atoms with Crippen LogP contribution in [0.25, 0.3) is 0 Å². The van der Waals surface area contributed by atoms with Crippen molar-refractivity contribution in [2.75, 3.05) is 40.0 Å². The standard InChI is InChI=1S/C20H28N4O5/c1-22-7-9-23(10-8-22)19(20(25)21-14-5-3-2-4-6-14)15-11-17-18(29-13-28-17)12-16(15)24(26)27/h11-12,14,19H,2-10,13H2,1H3,(H,21,25)/t19-/m1/s1. The minimum atomic E-state index is -0.722. The molecule has 2 aliphatic heterocycles. The highest BCUT2D eigenvalue weighted by Crippen LogP contribution is 2.42. The van der Waals surface area contributed by atoms with Crippen LogP contribution in [0.1, 0.15) is 43.7 Å². The lowest BCUT2D eigenvalue weighted by molar-refractivity contribution is -0.386. The van der Waals surface area contributed by atoms with Gasteiger partial charge in [-0.05, 0) is 26.0 Å². The number of benzene rings is 1. The summed E-state index contributed by atoms with van der Waals surface area (Å²) in [6.45, 7) is 3.00. The fourth-order valence-electron chi connectivity index (χ4n) is 4.44. The molecule has 1 saturated heterocycles. The molecule has 1 saturated carbocycles. The molecule has 1 N–H and O–H groups in total. The Bertz CT molecular complexity index is 772. The number of fused-ring (bicyclic) bond motifs is 1. The van der Waals surface area contributed by atoms with Crippen LogP contribution < -0.4 is 14.8 Å². The second-order valence-electron chi connectivity index (χ2n) is 8.11. The number of rotatable bonds is 5. The normalized spacial score (nSPS) is 21.7. The van der Waals surface area contributed by atoms with E-state index in [2.05, 4.69) is 10.2 Å². The van der Waals surface area contributed by atoms with Gasteiger partial charge in [-0.2, -0.15) is 0 Å². The van der Waals surface area contributed by atoms with Gasteiger partial charge in [0, 0.05) is 32.2 Å². The van der Waals surface area contributed by atoms with Crippen molar-refractivity contribution < 1.29 is 19.2 Å². The summed E-state index contributed by atoms with van der Waals surface area (Å²) in [4.78, 5) is 29.0. The molecule has 9 heteroatoms. The van der Waals surface area contributed by atoms with Crippen molar-refractivity contribution in [3.63, 3.8) is 0 Å². The predicted octanol–water partition coefficient (Wildman–Crippen LogP) is 2.06. The first-order chi connectivity index (χ1) is 14.0. The van der Waals surface area contributed by atoms with Gasteiger partial charge in [-0.25, -0.2) is 0 Å². The number of carbonyl (C=O) groups is 1. The quantitative estimate of drug-likeness (QED) is 0.593. The van der Waals surface area contributed by atoms with Crippen LogP contribution in [0.15, 0.2) is 12.1 Å². The number of nitrogens with one attached hydrogen (secondary N) is 1. The lowest BCUT2D eigenvalue weighted by Crippen LogP contribution is -2.51. The molecular formula is C20H28N4O5. The molecule has 1 aromatic carbocycles. The van der Waals surface area contributed by atoms with E-state index in [4.69, 9.17) is 9.47 Å². The number of hydrogen-bond donors (Lipinski definition) is 1. The van der Waals surface area contributed by atoms with E-state index < -0.39 is 11.0 Å². The first kappa shape index (κ1) is 19.9. The van der Waals surface area contributed by atoms with E-state index in [-0.39, 0.29) is 24.4 Å². The maximum Gasteiger partial charge on any atom is 0.278 e. The van der Waals surface area contributed by atoms with E-state index in [1.165, 1.54) is 12.5 Å². The van der Waals surface area contributed by atoms with Crippen molar-refractivity contribution in [1.29, 1.82) is 0 Å². The van der Waals surface area contributed by atoms with Gasteiger partial charge in [0.2, 0.25) is 12.7 Å². The van der Waals surface area contributed by atoms with Crippen molar-refractivity contribution in [2.45, 2.75) is 44.2 Å². The molecule has 0 bridgehead atoms. The van der Waals surface area contributed by atoms with Gasteiger partial charge in [-0.15, -0.1) is 0 Å². The van der Waals surface area contributed by atoms with Crippen molar-refractivity contribution in [1.82, 2.24) is 15.1 Å². The highest BCUT2D eigenvalue weighted by Gasteiger charge is 2.37. The summed E-state index contributed by atoms with van der Waals surface area (Å²) >= 11 is 0. The summed E-state index contributed by atoms with van der Waals surface area (Å²) in [6.07, 6.45) is 5.33. The van der Waals surface area contributed by atoms with Crippen LogP contribution in [0, 0.1) is 10.1 Å². The molecule has 4 rings (SSSR count). The first-order valence-electron chi connectivity index (χ1n) is 10.3. The monoisotopic (exact) mass is 404 g/mol. The Hall–Kier alpha value is -2.39. The summed E-state index contributed by atoms with van der Waals surface area (Å²) in [5.41, 5.74) is 0.272. The van der Waals surface area contributed by atoms with Crippen LogP contribution in [0.2, 0.25) is 0 Å². The van der Waals surface area contributed by atoms with Crippen LogP contribution in [-0.4, -0.2) is 66.7 Å². The number of piperazine rings is 1. The van der Waals surface area contributed by atoms with Crippen LogP contribution in [0.5, 0.6) is 11.5 Å². The molecule has 1 amide bonds. The molecule has 0 unspecified atom stereocenters. The molecule has 1 atom stereocenters. The maximum atomic E-state index is 13.4. The molecule has 2 fully saturated rings. The van der Waals surface area contributed by atoms with Gasteiger partial charge in [0.25, 0.3) is 5.69 Å². The molecule has 2 heterocycles. The van der Waals surface area contributed by atoms with Crippen molar-refractivity contribution >= 4 is 11.6 Å². The minimum Gasteiger partial charge on any atom is -0.454 e. The number of hydrogen-bond acceptors (Lipinski definition) is 7. The van der Waals surface area contributed by atoms with Crippen molar-refractivity contribution in [3.8, 4) is 11.5 Å². The molecule has 3 aliphatic rings. The average Bonchev–Trinajstić information content (AvgIpc) is 3.17. The Labute approximate surface area is 170 Å². The summed E-state index contributed by atoms with van der Waals surface area (Å²) in [5.74, 6) is 0.642. The third-order valence-electron chi connectivity index (χ3n) is 6.12. The average molecular weight is 404 g/mol. The van der Waals surface area contributed by atoms with E-state index in [0.717, 1.165) is 38.8 Å². The second kappa shape index (κ2) is 8.54. The number of carbonyl (C=O) groups excluding carboxylic acids is 1. The lowest BCUT2D eigenvalue weighted by Gasteiger charge is -2.38. The lowest BCUT2D eigenvalue weighted by atomic mass is 9.94. The fraction of sp³-hybridized carbons (Fsp3) is 0.650. The maximum absolute atomic E-state index is 13.4. The molecule has 29 heavy (non-hydrogen) atoms. The summed E-state index contributed by atoms with van der Waals surface area (Å²) in [5, 5.41) is 15.0. The second-order valence-corrected chi connectivity index (χ2v) is 8.11. The molecular weight excluding hydrogens is 376 g/mol. The van der Waals surface area contributed by atoms with Crippen molar-refractivity contribution in [2.24, 2.45) is 0 Å². The van der Waals surface area contributed by atoms with E-state index in [1.807, 2.05) is 11.9 Å². The van der Waals surface area contributed by atoms with E-state index >= 15 is 0 Å². The van der Waals surface area contributed by atoms with Crippen LogP contribution in [0.4, 0.5) is 5.69 Å². The van der Waals surface area contributed by atoms with Gasteiger partial charge in [0.15, 0.2) is 11.5 Å². The largest absolute Gasteiger partial charge is 0.454 e. The smallest absolute Gasteiger partial charge is 0.278 e. The number of ether oxygens (including phenoxy) is 2. The predicted molar refractivity (Wildman–Crippen MR) is 106 cm³/mol. The first-order valence-corrected chi connectivity index (χ1v) is 10.3. The fourth-order valence-corrected chi connectivity index (χ4v) is 4.44. The molecule has 1 aromatic rings. The minimum absolute atomic E-state index is 0.0311. The molecule has 158 valence electrons. The molecule has 0 aromatic heterocycles. The van der Waals surface area contributed by atoms with Gasteiger partial charge >= 0.3 is 0 Å². The van der Waals surface area contributed by atoms with Crippen LogP contribution >= 0.6 is 0 Å². The zero-order chi connectivity index (χ0) is 20.4. The molecule has 0 radical (unpaired) electrons. The molecule has 0 spiro atoms. The third-order valence-corrected chi connectivity index (χ3v) is 6.12. The van der Waals surface area contributed by atoms with Gasteiger partial charge in [0.05, 0.1) is 16.6 Å². The highest BCUT2D eigenvalue weighted by atomic mass is 16.7. The van der Waals surface area contributed by atoms with Crippen LogP contribution in [-0.2, 0) is 4.79 Å². The number of nitro groups is 1. The molecule has 9 nitrogen and oxygen atoms in total. The number of amides is 1. The number of likely N-dealkylation sites (N-methyl/N-ethyl adjacent to an activating group) is 1.